The molecule has 2 atom stereocenters. The lowest BCUT2D eigenvalue weighted by Gasteiger charge is -2.34. The molecule has 2 heterocycles. The summed E-state index contributed by atoms with van der Waals surface area (Å²) in [7, 11) is 0. The van der Waals surface area contributed by atoms with E-state index in [4.69, 9.17) is 4.74 Å². The van der Waals surface area contributed by atoms with Crippen LogP contribution in [-0.4, -0.2) is 48.1 Å². The van der Waals surface area contributed by atoms with Gasteiger partial charge in [-0.3, -0.25) is 9.80 Å². The average Bonchev–Trinajstić information content (AvgIpc) is 3.37. The van der Waals surface area contributed by atoms with E-state index in [-0.39, 0.29) is 0 Å². The fourth-order valence-electron chi connectivity index (χ4n) is 4.93. The SMILES string of the molecule is c1ccc(Cc2ccc(OCCN3C[C@H]4C[C@@H]3CN4Cc3ccccc3)cc2)cc1. The summed E-state index contributed by atoms with van der Waals surface area (Å²) in [5.41, 5.74) is 4.09. The van der Waals surface area contributed by atoms with E-state index < -0.39 is 0 Å². The Morgan fingerprint density at radius 1 is 0.667 bits per heavy atom. The van der Waals surface area contributed by atoms with Crippen LogP contribution in [-0.2, 0) is 13.0 Å². The van der Waals surface area contributed by atoms with Gasteiger partial charge >= 0.3 is 0 Å². The van der Waals surface area contributed by atoms with Crippen molar-refractivity contribution in [3.63, 3.8) is 0 Å². The molecule has 0 aliphatic carbocycles. The zero-order valence-electron chi connectivity index (χ0n) is 17.5. The number of rotatable bonds is 8. The van der Waals surface area contributed by atoms with Crippen molar-refractivity contribution in [3.8, 4) is 5.75 Å². The number of benzene rings is 3. The Labute approximate surface area is 179 Å². The van der Waals surface area contributed by atoms with Crippen LogP contribution in [0.5, 0.6) is 5.75 Å². The normalized spacial score (nSPS) is 21.2. The third kappa shape index (κ3) is 4.58. The minimum atomic E-state index is 0.690. The first-order chi connectivity index (χ1) is 14.8. The topological polar surface area (TPSA) is 15.7 Å². The molecule has 2 aliphatic heterocycles. The maximum Gasteiger partial charge on any atom is 0.119 e. The van der Waals surface area contributed by atoms with Gasteiger partial charge < -0.3 is 4.74 Å². The molecule has 0 amide bonds. The van der Waals surface area contributed by atoms with E-state index in [1.54, 1.807) is 0 Å². The molecule has 0 N–H and O–H groups in total. The zero-order valence-corrected chi connectivity index (χ0v) is 17.5. The van der Waals surface area contributed by atoms with E-state index in [0.29, 0.717) is 12.1 Å². The molecule has 154 valence electrons. The van der Waals surface area contributed by atoms with E-state index in [2.05, 4.69) is 94.7 Å². The second-order valence-electron chi connectivity index (χ2n) is 8.61. The van der Waals surface area contributed by atoms with Gasteiger partial charge in [-0.2, -0.15) is 0 Å². The number of hydrogen-bond acceptors (Lipinski definition) is 3. The summed E-state index contributed by atoms with van der Waals surface area (Å²) in [6, 6.07) is 31.4. The highest BCUT2D eigenvalue weighted by Gasteiger charge is 2.42. The largest absolute Gasteiger partial charge is 0.492 e. The van der Waals surface area contributed by atoms with Crippen molar-refractivity contribution in [2.45, 2.75) is 31.5 Å². The van der Waals surface area contributed by atoms with Crippen molar-refractivity contribution in [1.82, 2.24) is 9.80 Å². The van der Waals surface area contributed by atoms with Crippen LogP contribution < -0.4 is 4.74 Å². The summed E-state index contributed by atoms with van der Waals surface area (Å²) in [6.45, 7) is 5.23. The minimum Gasteiger partial charge on any atom is -0.492 e. The van der Waals surface area contributed by atoms with Gasteiger partial charge in [0.15, 0.2) is 0 Å². The van der Waals surface area contributed by atoms with E-state index in [9.17, 15) is 0 Å². The van der Waals surface area contributed by atoms with Crippen molar-refractivity contribution in [2.24, 2.45) is 0 Å². The number of piperazine rings is 1. The van der Waals surface area contributed by atoms with Gasteiger partial charge in [0.25, 0.3) is 0 Å². The number of fused-ring (bicyclic) bond motifs is 2. The molecule has 2 bridgehead atoms. The summed E-state index contributed by atoms with van der Waals surface area (Å²) < 4.78 is 6.05. The van der Waals surface area contributed by atoms with Crippen molar-refractivity contribution in [1.29, 1.82) is 0 Å². The highest BCUT2D eigenvalue weighted by Crippen LogP contribution is 2.31. The molecule has 2 fully saturated rings. The molecule has 0 unspecified atom stereocenters. The monoisotopic (exact) mass is 398 g/mol. The fraction of sp³-hybridized carbons (Fsp3) is 0.333. The number of hydrogen-bond donors (Lipinski definition) is 0. The first kappa shape index (κ1) is 19.3. The van der Waals surface area contributed by atoms with E-state index >= 15 is 0 Å². The van der Waals surface area contributed by atoms with Crippen LogP contribution >= 0.6 is 0 Å². The Kier molecular flexibility index (Phi) is 5.82. The van der Waals surface area contributed by atoms with E-state index in [1.165, 1.54) is 36.2 Å². The number of nitrogens with zero attached hydrogens (tertiary/aromatic N) is 2. The zero-order chi connectivity index (χ0) is 20.2. The minimum absolute atomic E-state index is 0.690. The maximum absolute atomic E-state index is 6.05. The van der Waals surface area contributed by atoms with Crippen LogP contribution in [0.15, 0.2) is 84.9 Å². The second-order valence-corrected chi connectivity index (χ2v) is 8.61. The molecule has 5 rings (SSSR count). The van der Waals surface area contributed by atoms with Gasteiger partial charge in [-0.25, -0.2) is 0 Å². The molecule has 0 saturated carbocycles. The molecular weight excluding hydrogens is 368 g/mol. The smallest absolute Gasteiger partial charge is 0.119 e. The maximum atomic E-state index is 6.05. The van der Waals surface area contributed by atoms with E-state index in [1.807, 2.05) is 0 Å². The predicted octanol–water partition coefficient (Wildman–Crippen LogP) is 4.61. The summed E-state index contributed by atoms with van der Waals surface area (Å²) >= 11 is 0. The molecular formula is C27H30N2O. The third-order valence-corrected chi connectivity index (χ3v) is 6.52. The van der Waals surface area contributed by atoms with Gasteiger partial charge in [-0.15, -0.1) is 0 Å². The van der Waals surface area contributed by atoms with Crippen LogP contribution in [0.1, 0.15) is 23.1 Å². The lowest BCUT2D eigenvalue weighted by atomic mass is 10.1. The van der Waals surface area contributed by atoms with Crippen LogP contribution in [0.2, 0.25) is 0 Å². The molecule has 3 aromatic rings. The molecule has 2 saturated heterocycles. The van der Waals surface area contributed by atoms with Gasteiger partial charge in [0.2, 0.25) is 0 Å². The van der Waals surface area contributed by atoms with Gasteiger partial charge in [-0.05, 0) is 41.7 Å². The summed E-state index contributed by atoms with van der Waals surface area (Å²) in [5, 5.41) is 0. The Morgan fingerprint density at radius 2 is 1.27 bits per heavy atom. The van der Waals surface area contributed by atoms with Crippen molar-refractivity contribution < 1.29 is 4.74 Å². The highest BCUT2D eigenvalue weighted by atomic mass is 16.5. The third-order valence-electron chi connectivity index (χ3n) is 6.52. The van der Waals surface area contributed by atoms with Crippen LogP contribution in [0.3, 0.4) is 0 Å². The van der Waals surface area contributed by atoms with Crippen molar-refractivity contribution in [3.05, 3.63) is 102 Å². The number of likely N-dealkylation sites (tertiary alicyclic amines) is 2. The Hall–Kier alpha value is -2.62. The van der Waals surface area contributed by atoms with Crippen LogP contribution in [0.25, 0.3) is 0 Å². The van der Waals surface area contributed by atoms with E-state index in [0.717, 1.165) is 31.9 Å². The lowest BCUT2D eigenvalue weighted by Crippen LogP contribution is -2.47. The Balaban J connectivity index is 1.06. The van der Waals surface area contributed by atoms with Gasteiger partial charge in [0.05, 0.1) is 0 Å². The predicted molar refractivity (Wildman–Crippen MR) is 122 cm³/mol. The molecule has 30 heavy (non-hydrogen) atoms. The number of ether oxygens (including phenoxy) is 1. The molecule has 0 spiro atoms. The summed E-state index contributed by atoms with van der Waals surface area (Å²) in [4.78, 5) is 5.28. The summed E-state index contributed by atoms with van der Waals surface area (Å²) in [5.74, 6) is 0.974. The summed E-state index contributed by atoms with van der Waals surface area (Å²) in [6.07, 6.45) is 2.28. The molecule has 2 aliphatic rings. The molecule has 0 aromatic heterocycles. The average molecular weight is 399 g/mol. The van der Waals surface area contributed by atoms with Crippen molar-refractivity contribution in [2.75, 3.05) is 26.2 Å². The Morgan fingerprint density at radius 3 is 1.93 bits per heavy atom. The molecule has 0 radical (unpaired) electrons. The standard InChI is InChI=1S/C27H30N2O/c1-3-7-22(8-4-1)17-23-11-13-27(14-12-23)30-16-15-28-20-26-18-25(28)21-29(26)19-24-9-5-2-6-10-24/h1-14,25-26H,15-21H2/t25-,26-/m1/s1. The lowest BCUT2D eigenvalue weighted by molar-refractivity contribution is 0.109. The first-order valence-electron chi connectivity index (χ1n) is 11.1. The Bertz CT molecular complexity index is 926. The van der Waals surface area contributed by atoms with Crippen molar-refractivity contribution >= 4 is 0 Å². The molecule has 3 aromatic carbocycles. The van der Waals surface area contributed by atoms with Crippen LogP contribution in [0, 0.1) is 0 Å². The molecule has 3 heteroatoms. The highest BCUT2D eigenvalue weighted by molar-refractivity contribution is 5.31. The fourth-order valence-corrected chi connectivity index (χ4v) is 4.93. The molecule has 3 nitrogen and oxygen atoms in total. The van der Waals surface area contributed by atoms with Crippen LogP contribution in [0.4, 0.5) is 0 Å². The first-order valence-corrected chi connectivity index (χ1v) is 11.1. The second kappa shape index (κ2) is 9.03. The van der Waals surface area contributed by atoms with Gasteiger partial charge in [0.1, 0.15) is 12.4 Å². The van der Waals surface area contributed by atoms with Gasteiger partial charge in [-0.1, -0.05) is 72.8 Å². The van der Waals surface area contributed by atoms with Gasteiger partial charge in [0, 0.05) is 38.3 Å². The quantitative estimate of drug-likeness (QED) is 0.551.